The van der Waals surface area contributed by atoms with Crippen molar-refractivity contribution in [3.05, 3.63) is 64.0 Å². The first kappa shape index (κ1) is 17.5. The third kappa shape index (κ3) is 3.56. The Morgan fingerprint density at radius 3 is 2.42 bits per heavy atom. The van der Waals surface area contributed by atoms with Crippen LogP contribution in [0.25, 0.3) is 6.08 Å². The number of carbonyl (C=O) groups is 2. The molecule has 1 heterocycles. The van der Waals surface area contributed by atoms with Gasteiger partial charge in [0.05, 0.1) is 17.2 Å². The number of aromatic amines is 1. The molecular formula is C17H13F3NO3-. The van der Waals surface area contributed by atoms with Gasteiger partial charge in [-0.3, -0.25) is 4.79 Å². The lowest BCUT2D eigenvalue weighted by atomic mass is 10.0. The summed E-state index contributed by atoms with van der Waals surface area (Å²) < 4.78 is 38.0. The van der Waals surface area contributed by atoms with Crippen LogP contribution in [0.15, 0.2) is 30.3 Å². The Kier molecular flexibility index (Phi) is 4.64. The average Bonchev–Trinajstić information content (AvgIpc) is 2.79. The second kappa shape index (κ2) is 6.35. The first-order valence-corrected chi connectivity index (χ1v) is 6.91. The summed E-state index contributed by atoms with van der Waals surface area (Å²) in [6, 6.07) is 4.54. The van der Waals surface area contributed by atoms with E-state index in [1.165, 1.54) is 32.1 Å². The van der Waals surface area contributed by atoms with Gasteiger partial charge >= 0.3 is 6.18 Å². The van der Waals surface area contributed by atoms with Gasteiger partial charge < -0.3 is 14.9 Å². The Morgan fingerprint density at radius 1 is 1.21 bits per heavy atom. The zero-order valence-electron chi connectivity index (χ0n) is 12.8. The number of carboxylic acids is 1. The summed E-state index contributed by atoms with van der Waals surface area (Å²) in [4.78, 5) is 25.7. The molecule has 0 fully saturated rings. The molecule has 1 aromatic heterocycles. The van der Waals surface area contributed by atoms with Gasteiger partial charge in [-0.2, -0.15) is 13.2 Å². The van der Waals surface area contributed by atoms with Crippen LogP contribution in [0, 0.1) is 13.8 Å². The number of hydrogen-bond acceptors (Lipinski definition) is 3. The Labute approximate surface area is 135 Å². The maximum absolute atomic E-state index is 12.7. The van der Waals surface area contributed by atoms with E-state index in [-0.39, 0.29) is 22.4 Å². The Bertz CT molecular complexity index is 832. The predicted octanol–water partition coefficient (Wildman–Crippen LogP) is 2.91. The number of ketones is 1. The summed E-state index contributed by atoms with van der Waals surface area (Å²) in [6.07, 6.45) is -2.11. The number of aryl methyl sites for hydroxylation is 1. The van der Waals surface area contributed by atoms with Gasteiger partial charge in [-0.25, -0.2) is 0 Å². The molecule has 7 heteroatoms. The molecule has 0 spiro atoms. The SMILES string of the molecule is Cc1[nH]c(C(=O)[O-])c(C)c1C(=O)/C=C/c1cccc(C(F)(F)F)c1. The molecule has 0 unspecified atom stereocenters. The first-order chi connectivity index (χ1) is 11.1. The number of benzene rings is 1. The molecule has 4 nitrogen and oxygen atoms in total. The number of hydrogen-bond donors (Lipinski definition) is 1. The van der Waals surface area contributed by atoms with Gasteiger partial charge in [-0.1, -0.05) is 18.2 Å². The van der Waals surface area contributed by atoms with Crippen molar-refractivity contribution in [1.29, 1.82) is 0 Å². The zero-order chi connectivity index (χ0) is 18.1. The molecule has 0 aliphatic rings. The number of carboxylic acid groups (broad SMARTS) is 1. The molecule has 0 saturated carbocycles. The molecule has 126 valence electrons. The molecule has 0 aliphatic carbocycles. The summed E-state index contributed by atoms with van der Waals surface area (Å²) >= 11 is 0. The van der Waals surface area contributed by atoms with Gasteiger partial charge in [0.25, 0.3) is 0 Å². The molecule has 1 aromatic carbocycles. The maximum Gasteiger partial charge on any atom is 0.416 e. The molecule has 2 aromatic rings. The minimum atomic E-state index is -4.47. The van der Waals surface area contributed by atoms with E-state index in [0.717, 1.165) is 18.2 Å². The highest BCUT2D eigenvalue weighted by Gasteiger charge is 2.30. The van der Waals surface area contributed by atoms with Crippen LogP contribution in [0.2, 0.25) is 0 Å². The van der Waals surface area contributed by atoms with Crippen LogP contribution < -0.4 is 5.11 Å². The number of aromatic carboxylic acids is 1. The number of alkyl halides is 3. The Hall–Kier alpha value is -2.83. The van der Waals surface area contributed by atoms with Crippen molar-refractivity contribution in [2.75, 3.05) is 0 Å². The lowest BCUT2D eigenvalue weighted by molar-refractivity contribution is -0.255. The largest absolute Gasteiger partial charge is 0.543 e. The Morgan fingerprint density at radius 2 is 1.88 bits per heavy atom. The molecule has 0 bridgehead atoms. The predicted molar refractivity (Wildman–Crippen MR) is 79.4 cm³/mol. The van der Waals surface area contributed by atoms with Crippen molar-refractivity contribution in [1.82, 2.24) is 4.98 Å². The van der Waals surface area contributed by atoms with Crippen LogP contribution in [0.5, 0.6) is 0 Å². The third-order valence-corrected chi connectivity index (χ3v) is 3.53. The maximum atomic E-state index is 12.7. The lowest BCUT2D eigenvalue weighted by Gasteiger charge is -2.06. The van der Waals surface area contributed by atoms with Crippen molar-refractivity contribution < 1.29 is 27.9 Å². The normalized spacial score (nSPS) is 11.9. The van der Waals surface area contributed by atoms with Crippen molar-refractivity contribution >= 4 is 17.8 Å². The number of H-pyrrole nitrogens is 1. The smallest absolute Gasteiger partial charge is 0.416 e. The second-order valence-electron chi connectivity index (χ2n) is 5.23. The summed E-state index contributed by atoms with van der Waals surface area (Å²) in [5.74, 6) is -1.94. The molecule has 1 N–H and O–H groups in total. The standard InChI is InChI=1S/C17H14F3NO3/c1-9-14(10(2)21-15(9)16(23)24)13(22)7-6-11-4-3-5-12(8-11)17(18,19)20/h3-8,21H,1-2H3,(H,23,24)/p-1/b7-6+. The number of halogens is 3. The number of rotatable bonds is 4. The van der Waals surface area contributed by atoms with E-state index >= 15 is 0 Å². The minimum Gasteiger partial charge on any atom is -0.543 e. The zero-order valence-corrected chi connectivity index (χ0v) is 12.8. The van der Waals surface area contributed by atoms with Gasteiger partial charge in [-0.15, -0.1) is 0 Å². The summed E-state index contributed by atoms with van der Waals surface area (Å²) in [5, 5.41) is 10.9. The average molecular weight is 336 g/mol. The lowest BCUT2D eigenvalue weighted by Crippen LogP contribution is -2.23. The summed E-state index contributed by atoms with van der Waals surface area (Å²) in [6.45, 7) is 2.99. The fraction of sp³-hybridized carbons (Fsp3) is 0.176. The quantitative estimate of drug-likeness (QED) is 0.689. The van der Waals surface area contributed by atoms with E-state index < -0.39 is 23.5 Å². The molecule has 0 radical (unpaired) electrons. The van der Waals surface area contributed by atoms with Crippen molar-refractivity contribution in [3.63, 3.8) is 0 Å². The summed E-state index contributed by atoms with van der Waals surface area (Å²) in [7, 11) is 0. The van der Waals surface area contributed by atoms with Crippen LogP contribution in [0.4, 0.5) is 13.2 Å². The highest BCUT2D eigenvalue weighted by Crippen LogP contribution is 2.29. The number of aromatic nitrogens is 1. The fourth-order valence-corrected chi connectivity index (χ4v) is 2.40. The number of allylic oxidation sites excluding steroid dienone is 1. The van der Waals surface area contributed by atoms with E-state index in [1.807, 2.05) is 0 Å². The van der Waals surface area contributed by atoms with E-state index in [2.05, 4.69) is 4.98 Å². The molecule has 0 atom stereocenters. The van der Waals surface area contributed by atoms with Crippen molar-refractivity contribution in [2.45, 2.75) is 20.0 Å². The van der Waals surface area contributed by atoms with E-state index in [0.29, 0.717) is 5.69 Å². The fourth-order valence-electron chi connectivity index (χ4n) is 2.40. The van der Waals surface area contributed by atoms with Crippen LogP contribution in [0.1, 0.15) is 43.2 Å². The van der Waals surface area contributed by atoms with Crippen molar-refractivity contribution in [3.8, 4) is 0 Å². The highest BCUT2D eigenvalue weighted by molar-refractivity contribution is 6.10. The van der Waals surface area contributed by atoms with Gasteiger partial charge in [0, 0.05) is 11.3 Å². The van der Waals surface area contributed by atoms with Crippen LogP contribution in [0.3, 0.4) is 0 Å². The van der Waals surface area contributed by atoms with Gasteiger partial charge in [0.15, 0.2) is 5.78 Å². The number of nitrogens with one attached hydrogen (secondary N) is 1. The second-order valence-corrected chi connectivity index (χ2v) is 5.23. The Balaban J connectivity index is 2.31. The monoisotopic (exact) mass is 336 g/mol. The van der Waals surface area contributed by atoms with Gasteiger partial charge in [-0.05, 0) is 43.2 Å². The first-order valence-electron chi connectivity index (χ1n) is 6.91. The van der Waals surface area contributed by atoms with E-state index in [9.17, 15) is 27.9 Å². The topological polar surface area (TPSA) is 73.0 Å². The molecule has 24 heavy (non-hydrogen) atoms. The molecule has 0 amide bonds. The molecule has 0 saturated heterocycles. The van der Waals surface area contributed by atoms with Crippen molar-refractivity contribution in [2.24, 2.45) is 0 Å². The highest BCUT2D eigenvalue weighted by atomic mass is 19.4. The van der Waals surface area contributed by atoms with Crippen LogP contribution >= 0.6 is 0 Å². The third-order valence-electron chi connectivity index (χ3n) is 3.53. The molecule has 2 rings (SSSR count). The van der Waals surface area contributed by atoms with Gasteiger partial charge in [0.1, 0.15) is 0 Å². The van der Waals surface area contributed by atoms with E-state index in [4.69, 9.17) is 0 Å². The van der Waals surface area contributed by atoms with E-state index in [1.54, 1.807) is 0 Å². The van der Waals surface area contributed by atoms with Crippen LogP contribution in [-0.2, 0) is 6.18 Å². The number of carbonyl (C=O) groups excluding carboxylic acids is 2. The molecule has 0 aliphatic heterocycles. The molecular weight excluding hydrogens is 323 g/mol. The summed E-state index contributed by atoms with van der Waals surface area (Å²) in [5.41, 5.74) is -0.0492. The van der Waals surface area contributed by atoms with Crippen LogP contribution in [-0.4, -0.2) is 16.7 Å². The minimum absolute atomic E-state index is 0.164. The van der Waals surface area contributed by atoms with Gasteiger partial charge in [0.2, 0.25) is 0 Å².